The van der Waals surface area contributed by atoms with Crippen molar-refractivity contribution < 1.29 is 19.8 Å². The van der Waals surface area contributed by atoms with Crippen molar-refractivity contribution >= 4 is 39.3 Å². The first kappa shape index (κ1) is 15.1. The van der Waals surface area contributed by atoms with Crippen molar-refractivity contribution in [2.24, 2.45) is 0 Å². The van der Waals surface area contributed by atoms with E-state index in [1.165, 1.54) is 6.07 Å². The molecular formula is C12H12BrClO4. The highest BCUT2D eigenvalue weighted by Crippen LogP contribution is 2.26. The molecule has 0 fully saturated rings. The number of benzene rings is 1. The molecule has 0 aliphatic rings. The van der Waals surface area contributed by atoms with Gasteiger partial charge in [0.2, 0.25) is 0 Å². The molecule has 18 heavy (non-hydrogen) atoms. The number of hydrogen-bond donors (Lipinski definition) is 2. The smallest absolute Gasteiger partial charge is 0.337 e. The number of aliphatic carboxylic acids is 1. The zero-order chi connectivity index (χ0) is 13.7. The summed E-state index contributed by atoms with van der Waals surface area (Å²) in [5.74, 6) is -1.51. The average molecular weight is 336 g/mol. The standard InChI is InChI=1S/C12H12BrClO4/c13-6-7-2-1-3-8(9(15)4-5-14)10(7)11(16)12(17)18/h1-3,11,16H,4-6H2,(H,17,18). The lowest BCUT2D eigenvalue weighted by molar-refractivity contribution is -0.147. The van der Waals surface area contributed by atoms with E-state index < -0.39 is 12.1 Å². The van der Waals surface area contributed by atoms with Crippen molar-refractivity contribution in [3.05, 3.63) is 34.9 Å². The first-order valence-electron chi connectivity index (χ1n) is 5.20. The number of ketones is 1. The Morgan fingerprint density at radius 3 is 2.56 bits per heavy atom. The number of aliphatic hydroxyl groups is 1. The molecule has 6 heteroatoms. The molecule has 0 aliphatic carbocycles. The van der Waals surface area contributed by atoms with Crippen molar-refractivity contribution in [1.82, 2.24) is 0 Å². The molecule has 0 aromatic heterocycles. The van der Waals surface area contributed by atoms with Gasteiger partial charge in [0, 0.05) is 28.8 Å². The van der Waals surface area contributed by atoms with Crippen LogP contribution in [-0.4, -0.2) is 27.8 Å². The number of alkyl halides is 2. The molecule has 0 heterocycles. The third-order valence-corrected chi connectivity index (χ3v) is 3.26. The van der Waals surface area contributed by atoms with Crippen LogP contribution in [0.15, 0.2) is 18.2 Å². The Bertz CT molecular complexity index is 461. The molecule has 2 N–H and O–H groups in total. The fourth-order valence-electron chi connectivity index (χ4n) is 1.64. The summed E-state index contributed by atoms with van der Waals surface area (Å²) in [4.78, 5) is 22.8. The summed E-state index contributed by atoms with van der Waals surface area (Å²) >= 11 is 8.71. The lowest BCUT2D eigenvalue weighted by Crippen LogP contribution is -2.17. The Morgan fingerprint density at radius 1 is 1.39 bits per heavy atom. The average Bonchev–Trinajstić information content (AvgIpc) is 2.37. The van der Waals surface area contributed by atoms with E-state index in [9.17, 15) is 14.7 Å². The fourth-order valence-corrected chi connectivity index (χ4v) is 2.30. The van der Waals surface area contributed by atoms with Gasteiger partial charge in [-0.05, 0) is 5.56 Å². The van der Waals surface area contributed by atoms with Crippen LogP contribution in [0.2, 0.25) is 0 Å². The summed E-state index contributed by atoms with van der Waals surface area (Å²) in [6, 6.07) is 4.81. The molecule has 98 valence electrons. The van der Waals surface area contributed by atoms with Crippen LogP contribution in [-0.2, 0) is 10.1 Å². The topological polar surface area (TPSA) is 74.6 Å². The molecule has 0 bridgehead atoms. The second-order valence-electron chi connectivity index (χ2n) is 3.61. The van der Waals surface area contributed by atoms with E-state index in [0.717, 1.165) is 0 Å². The van der Waals surface area contributed by atoms with Gasteiger partial charge < -0.3 is 10.2 Å². The first-order valence-corrected chi connectivity index (χ1v) is 6.86. The predicted molar refractivity (Wildman–Crippen MR) is 71.3 cm³/mol. The van der Waals surface area contributed by atoms with Gasteiger partial charge >= 0.3 is 5.97 Å². The van der Waals surface area contributed by atoms with Crippen LogP contribution >= 0.6 is 27.5 Å². The second-order valence-corrected chi connectivity index (χ2v) is 4.55. The predicted octanol–water partition coefficient (Wildman–Crippen LogP) is 2.51. The summed E-state index contributed by atoms with van der Waals surface area (Å²) < 4.78 is 0. The molecule has 1 unspecified atom stereocenters. The Morgan fingerprint density at radius 2 is 2.06 bits per heavy atom. The van der Waals surface area contributed by atoms with E-state index in [4.69, 9.17) is 16.7 Å². The molecule has 4 nitrogen and oxygen atoms in total. The molecule has 1 atom stereocenters. The zero-order valence-electron chi connectivity index (χ0n) is 9.40. The van der Waals surface area contributed by atoms with E-state index >= 15 is 0 Å². The number of carboxylic acid groups (broad SMARTS) is 1. The highest BCUT2D eigenvalue weighted by atomic mass is 79.9. The summed E-state index contributed by atoms with van der Waals surface area (Å²) in [6.07, 6.45) is -1.61. The summed E-state index contributed by atoms with van der Waals surface area (Å²) in [7, 11) is 0. The second kappa shape index (κ2) is 6.87. The maximum Gasteiger partial charge on any atom is 0.337 e. The first-order chi connectivity index (χ1) is 8.52. The molecule has 0 saturated carbocycles. The third-order valence-electron chi connectivity index (χ3n) is 2.47. The molecular weight excluding hydrogens is 323 g/mol. The van der Waals surface area contributed by atoms with Gasteiger partial charge in [-0.1, -0.05) is 34.1 Å². The highest BCUT2D eigenvalue weighted by Gasteiger charge is 2.25. The van der Waals surface area contributed by atoms with E-state index in [-0.39, 0.29) is 29.2 Å². The Hall–Kier alpha value is -0.910. The molecule has 0 spiro atoms. The molecule has 1 rings (SSSR count). The van der Waals surface area contributed by atoms with Gasteiger partial charge in [0.25, 0.3) is 0 Å². The van der Waals surface area contributed by atoms with Crippen molar-refractivity contribution in [2.45, 2.75) is 17.9 Å². The van der Waals surface area contributed by atoms with E-state index in [1.54, 1.807) is 12.1 Å². The van der Waals surface area contributed by atoms with Crippen molar-refractivity contribution in [3.8, 4) is 0 Å². The van der Waals surface area contributed by atoms with Gasteiger partial charge in [0.15, 0.2) is 11.9 Å². The number of halogens is 2. The monoisotopic (exact) mass is 334 g/mol. The molecule has 0 radical (unpaired) electrons. The highest BCUT2D eigenvalue weighted by molar-refractivity contribution is 9.08. The lowest BCUT2D eigenvalue weighted by atomic mass is 9.93. The van der Waals surface area contributed by atoms with E-state index in [1.807, 2.05) is 0 Å². The van der Waals surface area contributed by atoms with Crippen LogP contribution in [0.3, 0.4) is 0 Å². The van der Waals surface area contributed by atoms with Crippen molar-refractivity contribution in [1.29, 1.82) is 0 Å². The summed E-state index contributed by atoms with van der Waals surface area (Å²) in [6.45, 7) is 0. The van der Waals surface area contributed by atoms with Gasteiger partial charge in [-0.15, -0.1) is 11.6 Å². The largest absolute Gasteiger partial charge is 0.479 e. The maximum absolute atomic E-state index is 11.9. The Labute approximate surface area is 118 Å². The van der Waals surface area contributed by atoms with Gasteiger partial charge in [-0.2, -0.15) is 0 Å². The van der Waals surface area contributed by atoms with Crippen molar-refractivity contribution in [2.75, 3.05) is 5.88 Å². The molecule has 0 saturated heterocycles. The Kier molecular flexibility index (Phi) is 5.78. The minimum atomic E-state index is -1.71. The van der Waals surface area contributed by atoms with Gasteiger partial charge in [-0.3, -0.25) is 4.79 Å². The summed E-state index contributed by atoms with van der Waals surface area (Å²) in [5.41, 5.74) is 0.921. The SMILES string of the molecule is O=C(CCCl)c1cccc(CBr)c1C(O)C(=O)O. The quantitative estimate of drug-likeness (QED) is 0.619. The lowest BCUT2D eigenvalue weighted by Gasteiger charge is -2.15. The zero-order valence-corrected chi connectivity index (χ0v) is 11.7. The number of carbonyl (C=O) groups is 2. The van der Waals surface area contributed by atoms with Crippen LogP contribution < -0.4 is 0 Å². The van der Waals surface area contributed by atoms with E-state index in [2.05, 4.69) is 15.9 Å². The number of Topliss-reactive ketones (excluding diaryl/α,β-unsaturated/α-hetero) is 1. The fraction of sp³-hybridized carbons (Fsp3) is 0.333. The maximum atomic E-state index is 11.9. The minimum Gasteiger partial charge on any atom is -0.479 e. The molecule has 1 aromatic carbocycles. The van der Waals surface area contributed by atoms with Crippen LogP contribution in [0.25, 0.3) is 0 Å². The number of hydrogen-bond acceptors (Lipinski definition) is 3. The van der Waals surface area contributed by atoms with Crippen molar-refractivity contribution in [3.63, 3.8) is 0 Å². The van der Waals surface area contributed by atoms with Crippen LogP contribution in [0.1, 0.15) is 34.0 Å². The molecule has 0 amide bonds. The number of rotatable bonds is 6. The van der Waals surface area contributed by atoms with Gasteiger partial charge in [-0.25, -0.2) is 4.79 Å². The number of carboxylic acids is 1. The van der Waals surface area contributed by atoms with Crippen LogP contribution in [0.5, 0.6) is 0 Å². The van der Waals surface area contributed by atoms with E-state index in [0.29, 0.717) is 10.9 Å². The molecule has 0 aliphatic heterocycles. The third kappa shape index (κ3) is 3.31. The van der Waals surface area contributed by atoms with Crippen LogP contribution in [0, 0.1) is 0 Å². The number of aliphatic hydroxyl groups excluding tert-OH is 1. The molecule has 1 aromatic rings. The number of carbonyl (C=O) groups excluding carboxylic acids is 1. The van der Waals surface area contributed by atoms with Gasteiger partial charge in [0.1, 0.15) is 0 Å². The Balaban J connectivity index is 3.33. The van der Waals surface area contributed by atoms with Gasteiger partial charge in [0.05, 0.1) is 0 Å². The summed E-state index contributed by atoms with van der Waals surface area (Å²) in [5, 5.41) is 18.9. The van der Waals surface area contributed by atoms with Crippen LogP contribution in [0.4, 0.5) is 0 Å². The minimum absolute atomic E-state index is 0.104. The normalized spacial score (nSPS) is 12.2.